The number of H-pyrrole nitrogens is 1. The number of hydrogen-bond donors (Lipinski definition) is 2. The molecule has 0 fully saturated rings. The van der Waals surface area contributed by atoms with Crippen LogP contribution >= 0.6 is 23.1 Å². The van der Waals surface area contributed by atoms with Gasteiger partial charge in [-0.1, -0.05) is 11.8 Å². The highest BCUT2D eigenvalue weighted by Crippen LogP contribution is 2.34. The molecule has 1 aromatic carbocycles. The molecule has 1 atom stereocenters. The number of aromatic hydroxyl groups is 1. The number of benzene rings is 1. The van der Waals surface area contributed by atoms with E-state index in [0.717, 1.165) is 21.0 Å². The third-order valence-corrected chi connectivity index (χ3v) is 6.40. The van der Waals surface area contributed by atoms with Crippen molar-refractivity contribution < 1.29 is 5.11 Å². The average molecular weight is 400 g/mol. The molecule has 27 heavy (non-hydrogen) atoms. The zero-order chi connectivity index (χ0) is 19.1. The molecule has 0 amide bonds. The van der Waals surface area contributed by atoms with Gasteiger partial charge in [0.25, 0.3) is 5.56 Å². The van der Waals surface area contributed by atoms with E-state index in [4.69, 9.17) is 0 Å². The number of fused-ring (bicyclic) bond motifs is 1. The summed E-state index contributed by atoms with van der Waals surface area (Å²) in [6, 6.07) is 6.60. The molecule has 0 bridgehead atoms. The second-order valence-electron chi connectivity index (χ2n) is 6.06. The summed E-state index contributed by atoms with van der Waals surface area (Å²) in [5.74, 6) is 0.755. The lowest BCUT2D eigenvalue weighted by Crippen LogP contribution is -2.12. The van der Waals surface area contributed by atoms with Crippen molar-refractivity contribution in [3.63, 3.8) is 0 Å². The SMILES string of the molecule is Cc1sc2nc(C(C)Sc3nnnn3-c3ccc(O)cc3)[nH]c(=O)c2c1C. The molecule has 4 aromatic rings. The maximum atomic E-state index is 12.5. The molecule has 10 heteroatoms. The first-order valence-corrected chi connectivity index (χ1v) is 9.88. The zero-order valence-electron chi connectivity index (χ0n) is 14.8. The van der Waals surface area contributed by atoms with E-state index in [1.165, 1.54) is 23.1 Å². The van der Waals surface area contributed by atoms with Gasteiger partial charge >= 0.3 is 0 Å². The topological polar surface area (TPSA) is 110 Å². The number of nitrogens with one attached hydrogen (secondary N) is 1. The first-order valence-electron chi connectivity index (χ1n) is 8.18. The number of phenols is 1. The van der Waals surface area contributed by atoms with Crippen molar-refractivity contribution in [2.75, 3.05) is 0 Å². The van der Waals surface area contributed by atoms with Crippen molar-refractivity contribution in [2.24, 2.45) is 0 Å². The number of aryl methyl sites for hydroxylation is 2. The number of nitrogens with zero attached hydrogens (tertiary/aromatic N) is 5. The fourth-order valence-electron chi connectivity index (χ4n) is 2.69. The first kappa shape index (κ1) is 17.7. The Morgan fingerprint density at radius 3 is 2.74 bits per heavy atom. The highest BCUT2D eigenvalue weighted by atomic mass is 32.2. The summed E-state index contributed by atoms with van der Waals surface area (Å²) in [4.78, 5) is 21.9. The Bertz CT molecular complexity index is 1180. The van der Waals surface area contributed by atoms with Gasteiger partial charge in [-0.15, -0.1) is 16.4 Å². The molecule has 4 rings (SSSR count). The maximum absolute atomic E-state index is 12.5. The molecule has 0 radical (unpaired) electrons. The fraction of sp³-hybridized carbons (Fsp3) is 0.235. The third kappa shape index (κ3) is 3.21. The van der Waals surface area contributed by atoms with Gasteiger partial charge in [0, 0.05) is 4.88 Å². The minimum atomic E-state index is -0.160. The summed E-state index contributed by atoms with van der Waals surface area (Å²) in [5, 5.41) is 22.3. The van der Waals surface area contributed by atoms with E-state index in [1.807, 2.05) is 20.8 Å². The molecule has 0 aliphatic carbocycles. The molecule has 2 N–H and O–H groups in total. The Kier molecular flexibility index (Phi) is 4.44. The Hall–Kier alpha value is -2.72. The van der Waals surface area contributed by atoms with Crippen LogP contribution in [-0.4, -0.2) is 35.3 Å². The highest BCUT2D eigenvalue weighted by molar-refractivity contribution is 7.99. The molecule has 0 aliphatic rings. The molecular formula is C17H16N6O2S2. The lowest BCUT2D eigenvalue weighted by molar-refractivity contribution is 0.475. The van der Waals surface area contributed by atoms with Crippen LogP contribution in [0.3, 0.4) is 0 Å². The van der Waals surface area contributed by atoms with Crippen LogP contribution in [0.1, 0.15) is 28.4 Å². The van der Waals surface area contributed by atoms with Crippen LogP contribution in [0.15, 0.2) is 34.2 Å². The number of aromatic amines is 1. The van der Waals surface area contributed by atoms with E-state index in [-0.39, 0.29) is 16.6 Å². The number of rotatable bonds is 4. The molecule has 8 nitrogen and oxygen atoms in total. The van der Waals surface area contributed by atoms with Gasteiger partial charge in [0.15, 0.2) is 0 Å². The number of thiophene rings is 1. The molecule has 0 saturated carbocycles. The molecule has 3 heterocycles. The molecule has 0 saturated heterocycles. The minimum Gasteiger partial charge on any atom is -0.508 e. The summed E-state index contributed by atoms with van der Waals surface area (Å²) >= 11 is 2.92. The minimum absolute atomic E-state index is 0.123. The molecule has 138 valence electrons. The van der Waals surface area contributed by atoms with Gasteiger partial charge < -0.3 is 10.1 Å². The summed E-state index contributed by atoms with van der Waals surface area (Å²) < 4.78 is 1.58. The van der Waals surface area contributed by atoms with E-state index in [9.17, 15) is 9.90 Å². The molecule has 3 aromatic heterocycles. The van der Waals surface area contributed by atoms with E-state index >= 15 is 0 Å². The Morgan fingerprint density at radius 1 is 1.26 bits per heavy atom. The predicted octanol–water partition coefficient (Wildman–Crippen LogP) is 3.14. The molecular weight excluding hydrogens is 384 g/mol. The monoisotopic (exact) mass is 400 g/mol. The van der Waals surface area contributed by atoms with Gasteiger partial charge in [-0.2, -0.15) is 4.68 Å². The van der Waals surface area contributed by atoms with Gasteiger partial charge in [-0.05, 0) is 61.0 Å². The van der Waals surface area contributed by atoms with E-state index in [1.54, 1.807) is 28.9 Å². The van der Waals surface area contributed by atoms with Crippen molar-refractivity contribution in [2.45, 2.75) is 31.2 Å². The third-order valence-electron chi connectivity index (χ3n) is 4.26. The molecule has 0 aliphatic heterocycles. The number of tetrazole rings is 1. The highest BCUT2D eigenvalue weighted by Gasteiger charge is 2.19. The summed E-state index contributed by atoms with van der Waals surface area (Å²) in [6.07, 6.45) is 0. The van der Waals surface area contributed by atoms with Gasteiger partial charge in [-0.25, -0.2) is 4.98 Å². The van der Waals surface area contributed by atoms with Crippen LogP contribution in [0, 0.1) is 13.8 Å². The van der Waals surface area contributed by atoms with Crippen molar-refractivity contribution in [3.8, 4) is 11.4 Å². The molecule has 0 spiro atoms. The lowest BCUT2D eigenvalue weighted by atomic mass is 10.2. The van der Waals surface area contributed by atoms with Gasteiger partial charge in [0.2, 0.25) is 5.16 Å². The second kappa shape index (κ2) is 6.78. The largest absolute Gasteiger partial charge is 0.508 e. The fourth-order valence-corrected chi connectivity index (χ4v) is 4.59. The van der Waals surface area contributed by atoms with Crippen molar-refractivity contribution in [3.05, 3.63) is 50.9 Å². The Balaban J connectivity index is 1.66. The van der Waals surface area contributed by atoms with Crippen LogP contribution in [0.25, 0.3) is 15.9 Å². The van der Waals surface area contributed by atoms with Crippen molar-refractivity contribution in [1.29, 1.82) is 0 Å². The van der Waals surface area contributed by atoms with E-state index in [0.29, 0.717) is 16.4 Å². The van der Waals surface area contributed by atoms with Crippen LogP contribution in [0.2, 0.25) is 0 Å². The van der Waals surface area contributed by atoms with Gasteiger partial charge in [0.05, 0.1) is 16.3 Å². The predicted molar refractivity (Wildman–Crippen MR) is 105 cm³/mol. The summed E-state index contributed by atoms with van der Waals surface area (Å²) in [6.45, 7) is 5.87. The summed E-state index contributed by atoms with van der Waals surface area (Å²) in [7, 11) is 0. The lowest BCUT2D eigenvalue weighted by Gasteiger charge is -2.10. The van der Waals surface area contributed by atoms with Gasteiger partial charge in [0.1, 0.15) is 16.4 Å². The number of phenolic OH excluding ortho intramolecular Hbond substituents is 1. The van der Waals surface area contributed by atoms with Crippen molar-refractivity contribution in [1.82, 2.24) is 30.2 Å². The maximum Gasteiger partial charge on any atom is 0.259 e. The van der Waals surface area contributed by atoms with Crippen LogP contribution in [0.4, 0.5) is 0 Å². The van der Waals surface area contributed by atoms with Crippen molar-refractivity contribution >= 4 is 33.3 Å². The van der Waals surface area contributed by atoms with Crippen LogP contribution in [-0.2, 0) is 0 Å². The number of thioether (sulfide) groups is 1. The van der Waals surface area contributed by atoms with E-state index < -0.39 is 0 Å². The quantitative estimate of drug-likeness (QED) is 0.506. The zero-order valence-corrected chi connectivity index (χ0v) is 16.4. The first-order chi connectivity index (χ1) is 12.9. The smallest absolute Gasteiger partial charge is 0.259 e. The summed E-state index contributed by atoms with van der Waals surface area (Å²) in [5.41, 5.74) is 1.59. The van der Waals surface area contributed by atoms with E-state index in [2.05, 4.69) is 25.5 Å². The Labute approximate surface area is 162 Å². The average Bonchev–Trinajstić information content (AvgIpc) is 3.20. The second-order valence-corrected chi connectivity index (χ2v) is 8.58. The normalized spacial score (nSPS) is 12.6. The molecule has 1 unspecified atom stereocenters. The Morgan fingerprint density at radius 2 is 2.00 bits per heavy atom. The number of hydrogen-bond acceptors (Lipinski definition) is 8. The van der Waals surface area contributed by atoms with Gasteiger partial charge in [-0.3, -0.25) is 4.79 Å². The van der Waals surface area contributed by atoms with Crippen LogP contribution in [0.5, 0.6) is 5.75 Å². The standard InChI is InChI=1S/C17H16N6O2S2/c1-8-9(2)26-16-13(8)15(25)18-14(19-16)10(3)27-17-20-21-22-23(17)11-4-6-12(24)7-5-11/h4-7,10,24H,1-3H3,(H,18,19,25). The number of aromatic nitrogens is 6. The van der Waals surface area contributed by atoms with Crippen LogP contribution < -0.4 is 5.56 Å².